The zero-order valence-corrected chi connectivity index (χ0v) is 20.3. The molecule has 2 rings (SSSR count). The second-order valence-electron chi connectivity index (χ2n) is 10.2. The Morgan fingerprint density at radius 2 is 1.41 bits per heavy atom. The highest BCUT2D eigenvalue weighted by molar-refractivity contribution is 6.02. The molecule has 0 fully saturated rings. The number of hydrogen-bond donors (Lipinski definition) is 1. The zero-order valence-electron chi connectivity index (χ0n) is 20.3. The molecule has 1 amide bonds. The van der Waals surface area contributed by atoms with Crippen LogP contribution in [0.15, 0.2) is 72.3 Å². The van der Waals surface area contributed by atoms with Gasteiger partial charge in [-0.05, 0) is 52.1 Å². The van der Waals surface area contributed by atoms with Crippen molar-refractivity contribution in [3.63, 3.8) is 0 Å². The van der Waals surface area contributed by atoms with Gasteiger partial charge in [-0.3, -0.25) is 4.79 Å². The van der Waals surface area contributed by atoms with Crippen LogP contribution in [-0.2, 0) is 27.0 Å². The van der Waals surface area contributed by atoms with Gasteiger partial charge in [0.1, 0.15) is 0 Å². The number of carboxylic acids is 1. The van der Waals surface area contributed by atoms with Gasteiger partial charge in [0, 0.05) is 17.8 Å². The Labute approximate surface area is 192 Å². The summed E-state index contributed by atoms with van der Waals surface area (Å²) in [6, 6.07) is 16.3. The van der Waals surface area contributed by atoms with Crippen molar-refractivity contribution in [1.82, 2.24) is 0 Å². The predicted octanol–water partition coefficient (Wildman–Crippen LogP) is 6.40. The fourth-order valence-electron chi connectivity index (χ4n) is 3.23. The third-order valence-electron chi connectivity index (χ3n) is 5.25. The first-order valence-corrected chi connectivity index (χ1v) is 10.9. The molecule has 0 heterocycles. The Balaban J connectivity index is 2.59. The lowest BCUT2D eigenvalue weighted by molar-refractivity contribution is -0.131. The molecule has 1 N–H and O–H groups in total. The summed E-state index contributed by atoms with van der Waals surface area (Å²) in [7, 11) is 0. The molecule has 0 aliphatic rings. The van der Waals surface area contributed by atoms with Crippen molar-refractivity contribution in [2.45, 2.75) is 65.8 Å². The number of carbonyl (C=O) groups excluding carboxylic acids is 1. The lowest BCUT2D eigenvalue weighted by Crippen LogP contribution is -2.30. The van der Waals surface area contributed by atoms with E-state index in [9.17, 15) is 9.59 Å². The van der Waals surface area contributed by atoms with Crippen LogP contribution < -0.4 is 4.90 Å². The number of nitrogens with zero attached hydrogens (tertiary/aromatic N) is 1. The van der Waals surface area contributed by atoms with Crippen molar-refractivity contribution < 1.29 is 14.7 Å². The Hall–Kier alpha value is -3.14. The first kappa shape index (κ1) is 25.1. The maximum absolute atomic E-state index is 13.3. The molecule has 0 spiro atoms. The van der Waals surface area contributed by atoms with Crippen LogP contribution >= 0.6 is 0 Å². The molecule has 0 aliphatic heterocycles. The molecule has 2 aromatic rings. The number of rotatable bonds is 6. The van der Waals surface area contributed by atoms with Crippen molar-refractivity contribution in [2.75, 3.05) is 4.90 Å². The average Bonchev–Trinajstić information content (AvgIpc) is 2.69. The second kappa shape index (κ2) is 9.99. The molecule has 0 unspecified atom stereocenters. The minimum Gasteiger partial charge on any atom is -0.478 e. The maximum atomic E-state index is 13.3. The molecule has 0 radical (unpaired) electrons. The Bertz CT molecular complexity index is 987. The topological polar surface area (TPSA) is 57.6 Å². The van der Waals surface area contributed by atoms with E-state index in [0.717, 1.165) is 28.5 Å². The van der Waals surface area contributed by atoms with Crippen molar-refractivity contribution in [2.24, 2.45) is 0 Å². The van der Waals surface area contributed by atoms with Gasteiger partial charge >= 0.3 is 5.97 Å². The maximum Gasteiger partial charge on any atom is 0.328 e. The minimum atomic E-state index is -1.03. The number of hydrogen-bond acceptors (Lipinski definition) is 2. The van der Waals surface area contributed by atoms with Crippen LogP contribution in [0.2, 0.25) is 0 Å². The average molecular weight is 434 g/mol. The van der Waals surface area contributed by atoms with E-state index >= 15 is 0 Å². The summed E-state index contributed by atoms with van der Waals surface area (Å²) in [6.45, 7) is 15.1. The van der Waals surface area contributed by atoms with Crippen molar-refractivity contribution >= 4 is 17.6 Å². The first-order chi connectivity index (χ1) is 14.8. The summed E-state index contributed by atoms with van der Waals surface area (Å²) < 4.78 is 0. The van der Waals surface area contributed by atoms with E-state index in [1.165, 1.54) is 6.08 Å². The third kappa shape index (κ3) is 7.23. The highest BCUT2D eigenvalue weighted by Gasteiger charge is 2.23. The van der Waals surface area contributed by atoms with Gasteiger partial charge in [0.25, 0.3) is 5.91 Å². The molecule has 0 saturated heterocycles. The van der Waals surface area contributed by atoms with Gasteiger partial charge in [-0.2, -0.15) is 0 Å². The molecule has 32 heavy (non-hydrogen) atoms. The number of allylic oxidation sites excluding steroid dienone is 2. The number of benzene rings is 2. The SMILES string of the molecule is CC(/C=C/C(=O)N(Cc1ccccc1)c1cc(C(C)(C)C)cc(C(C)(C)C)c1)=C\C(=O)O. The number of carbonyl (C=O) groups is 2. The molecule has 170 valence electrons. The summed E-state index contributed by atoms with van der Waals surface area (Å²) in [5, 5.41) is 8.94. The predicted molar refractivity (Wildman–Crippen MR) is 132 cm³/mol. The lowest BCUT2D eigenvalue weighted by atomic mass is 9.80. The van der Waals surface area contributed by atoms with Crippen molar-refractivity contribution in [3.05, 3.63) is 89.0 Å². The molecule has 4 nitrogen and oxygen atoms in total. The highest BCUT2D eigenvalue weighted by atomic mass is 16.4. The van der Waals surface area contributed by atoms with Crippen LogP contribution in [0.4, 0.5) is 5.69 Å². The second-order valence-corrected chi connectivity index (χ2v) is 10.2. The summed E-state index contributed by atoms with van der Waals surface area (Å²) in [6.07, 6.45) is 4.08. The van der Waals surface area contributed by atoms with E-state index in [-0.39, 0.29) is 16.7 Å². The van der Waals surface area contributed by atoms with E-state index in [0.29, 0.717) is 12.1 Å². The van der Waals surface area contributed by atoms with Gasteiger partial charge in [0.2, 0.25) is 0 Å². The molecule has 0 aliphatic carbocycles. The first-order valence-electron chi connectivity index (χ1n) is 10.9. The van der Waals surface area contributed by atoms with Crippen LogP contribution in [0, 0.1) is 0 Å². The molecule has 0 aromatic heterocycles. The summed E-state index contributed by atoms with van der Waals surface area (Å²) in [5.74, 6) is -1.23. The molecule has 4 heteroatoms. The van der Waals surface area contributed by atoms with Gasteiger partial charge in [0.05, 0.1) is 6.54 Å². The quantitative estimate of drug-likeness (QED) is 0.423. The van der Waals surface area contributed by atoms with Crippen LogP contribution in [0.25, 0.3) is 0 Å². The van der Waals surface area contributed by atoms with E-state index in [1.54, 1.807) is 17.9 Å². The molecule has 0 atom stereocenters. The van der Waals surface area contributed by atoms with E-state index in [4.69, 9.17) is 5.11 Å². The number of aliphatic carboxylic acids is 1. The molecular weight excluding hydrogens is 398 g/mol. The standard InChI is InChI=1S/C28H35NO3/c1-20(15-26(31)32)13-14-25(30)29(19-21-11-9-8-10-12-21)24-17-22(27(2,3)4)16-23(18-24)28(5,6)7/h8-18H,19H2,1-7H3,(H,31,32)/b14-13+,20-15+. The van der Waals surface area contributed by atoms with Crippen molar-refractivity contribution in [1.29, 1.82) is 0 Å². The van der Waals surface area contributed by atoms with Gasteiger partial charge < -0.3 is 10.0 Å². The molecular formula is C28H35NO3. The molecule has 2 aromatic carbocycles. The van der Waals surface area contributed by atoms with Crippen LogP contribution in [0.1, 0.15) is 65.2 Å². The van der Waals surface area contributed by atoms with Gasteiger partial charge in [0.15, 0.2) is 0 Å². The smallest absolute Gasteiger partial charge is 0.328 e. The number of anilines is 1. The fraction of sp³-hybridized carbons (Fsp3) is 0.357. The molecule has 0 bridgehead atoms. The number of amides is 1. The largest absolute Gasteiger partial charge is 0.478 e. The van der Waals surface area contributed by atoms with Crippen molar-refractivity contribution in [3.8, 4) is 0 Å². The Kier molecular flexibility index (Phi) is 7.84. The summed E-state index contributed by atoms with van der Waals surface area (Å²) in [5.41, 5.74) is 4.53. The normalized spacial score (nSPS) is 12.8. The van der Waals surface area contributed by atoms with E-state index < -0.39 is 5.97 Å². The molecule has 0 saturated carbocycles. The lowest BCUT2D eigenvalue weighted by Gasteiger charge is -2.29. The summed E-state index contributed by atoms with van der Waals surface area (Å²) >= 11 is 0. The third-order valence-corrected chi connectivity index (χ3v) is 5.25. The van der Waals surface area contributed by atoms with E-state index in [2.05, 4.69) is 59.7 Å². The number of carboxylic acid groups (broad SMARTS) is 1. The zero-order chi connectivity index (χ0) is 24.1. The van der Waals surface area contributed by atoms with Gasteiger partial charge in [-0.1, -0.05) is 84.0 Å². The van der Waals surface area contributed by atoms with Crippen LogP contribution in [-0.4, -0.2) is 17.0 Å². The van der Waals surface area contributed by atoms with Crippen LogP contribution in [0.5, 0.6) is 0 Å². The highest BCUT2D eigenvalue weighted by Crippen LogP contribution is 2.34. The monoisotopic (exact) mass is 433 g/mol. The fourth-order valence-corrected chi connectivity index (χ4v) is 3.23. The Morgan fingerprint density at radius 1 is 0.875 bits per heavy atom. The van der Waals surface area contributed by atoms with Crippen LogP contribution in [0.3, 0.4) is 0 Å². The minimum absolute atomic E-state index is 0.0753. The van der Waals surface area contributed by atoms with E-state index in [1.807, 2.05) is 30.3 Å². The van der Waals surface area contributed by atoms with Gasteiger partial charge in [-0.15, -0.1) is 0 Å². The summed E-state index contributed by atoms with van der Waals surface area (Å²) in [4.78, 5) is 26.0. The Morgan fingerprint density at radius 3 is 1.88 bits per heavy atom. The van der Waals surface area contributed by atoms with Gasteiger partial charge in [-0.25, -0.2) is 4.79 Å².